The number of carbonyl (C=O) groups is 1. The molecule has 2 atom stereocenters. The van der Waals surface area contributed by atoms with E-state index in [1.54, 1.807) is 0 Å². The number of ether oxygens (including phenoxy) is 2. The van der Waals surface area contributed by atoms with Gasteiger partial charge in [0, 0.05) is 7.11 Å². The van der Waals surface area contributed by atoms with Crippen LogP contribution in [0.3, 0.4) is 0 Å². The average molecular weight is 256 g/mol. The molecule has 0 saturated heterocycles. The van der Waals surface area contributed by atoms with Crippen molar-refractivity contribution < 1.29 is 24.5 Å². The van der Waals surface area contributed by atoms with Gasteiger partial charge in [0.05, 0.1) is 0 Å². The number of aliphatic hydroxyl groups is 2. The van der Waals surface area contributed by atoms with Gasteiger partial charge >= 0.3 is 5.97 Å². The fraction of sp³-hybridized carbons (Fsp3) is 0.615. The maximum Gasteiger partial charge on any atom is 0.348 e. The minimum atomic E-state index is -1.13. The molecule has 0 fully saturated rings. The van der Waals surface area contributed by atoms with Gasteiger partial charge in [-0.15, -0.1) is 0 Å². The molecule has 0 aliphatic carbocycles. The highest BCUT2D eigenvalue weighted by Crippen LogP contribution is 2.24. The number of esters is 1. The summed E-state index contributed by atoms with van der Waals surface area (Å²) in [4.78, 5) is 11.3. The highest BCUT2D eigenvalue weighted by atomic mass is 16.6. The summed E-state index contributed by atoms with van der Waals surface area (Å²) in [5.74, 6) is -0.851. The number of rotatable bonds is 6. The van der Waals surface area contributed by atoms with Gasteiger partial charge in [0.15, 0.2) is 11.5 Å². The molecule has 0 radical (unpaired) electrons. The van der Waals surface area contributed by atoms with Crippen molar-refractivity contribution in [1.29, 1.82) is 0 Å². The molecule has 0 amide bonds. The van der Waals surface area contributed by atoms with Crippen molar-refractivity contribution in [3.63, 3.8) is 0 Å². The third-order valence-corrected chi connectivity index (χ3v) is 3.04. The topological polar surface area (TPSA) is 76.0 Å². The highest BCUT2D eigenvalue weighted by molar-refractivity contribution is 5.82. The predicted octanol–water partition coefficient (Wildman–Crippen LogP) is 1.68. The number of carbonyl (C=O) groups excluding carboxylic acids is 1. The summed E-state index contributed by atoms with van der Waals surface area (Å²) < 4.78 is 9.57. The molecule has 0 aromatic carbocycles. The number of allylic oxidation sites excluding steroid dienone is 1. The smallest absolute Gasteiger partial charge is 0.348 e. The number of methoxy groups -OCH3 is 1. The first-order valence-corrected chi connectivity index (χ1v) is 6.08. The molecule has 0 aromatic rings. The Balaban J connectivity index is 2.76. The van der Waals surface area contributed by atoms with Crippen LogP contribution >= 0.6 is 0 Å². The fourth-order valence-electron chi connectivity index (χ4n) is 1.79. The maximum atomic E-state index is 11.3. The molecule has 1 aliphatic rings. The average Bonchev–Trinajstić information content (AvgIpc) is 2.65. The van der Waals surface area contributed by atoms with Crippen LogP contribution in [0.2, 0.25) is 0 Å². The Labute approximate surface area is 107 Å². The lowest BCUT2D eigenvalue weighted by Gasteiger charge is -2.09. The lowest BCUT2D eigenvalue weighted by molar-refractivity contribution is -0.146. The predicted molar refractivity (Wildman–Crippen MR) is 65.8 cm³/mol. The molecule has 102 valence electrons. The van der Waals surface area contributed by atoms with E-state index in [1.165, 1.54) is 13.2 Å². The van der Waals surface area contributed by atoms with E-state index in [0.717, 1.165) is 12.8 Å². The second kappa shape index (κ2) is 6.56. The Morgan fingerprint density at radius 3 is 2.44 bits per heavy atom. The minimum Gasteiger partial charge on any atom is -0.506 e. The van der Waals surface area contributed by atoms with Crippen LogP contribution in [0.1, 0.15) is 26.7 Å². The Kier molecular flexibility index (Phi) is 5.37. The summed E-state index contributed by atoms with van der Waals surface area (Å²) in [5, 5.41) is 19.5. The Morgan fingerprint density at radius 1 is 1.39 bits per heavy atom. The SMILES string of the molecule is CCC(C=C[C@@H](O)C1=C(O)[C@@H](OC)C(=O)O1)CC. The van der Waals surface area contributed by atoms with E-state index in [4.69, 9.17) is 9.47 Å². The second-order valence-electron chi connectivity index (χ2n) is 4.19. The third kappa shape index (κ3) is 3.11. The maximum absolute atomic E-state index is 11.3. The monoisotopic (exact) mass is 256 g/mol. The number of cyclic esters (lactones) is 1. The molecular formula is C13H20O5. The van der Waals surface area contributed by atoms with Crippen molar-refractivity contribution in [2.45, 2.75) is 38.9 Å². The van der Waals surface area contributed by atoms with Crippen molar-refractivity contribution in [2.75, 3.05) is 7.11 Å². The normalized spacial score (nSPS) is 22.1. The van der Waals surface area contributed by atoms with Crippen molar-refractivity contribution in [3.05, 3.63) is 23.7 Å². The Morgan fingerprint density at radius 2 is 2.00 bits per heavy atom. The van der Waals surface area contributed by atoms with Gasteiger partial charge in [-0.1, -0.05) is 26.0 Å². The number of hydrogen-bond donors (Lipinski definition) is 2. The highest BCUT2D eigenvalue weighted by Gasteiger charge is 2.38. The number of aliphatic hydroxyl groups excluding tert-OH is 2. The summed E-state index contributed by atoms with van der Waals surface area (Å²) in [5.41, 5.74) is 0. The van der Waals surface area contributed by atoms with Gasteiger partial charge in [0.2, 0.25) is 6.10 Å². The first-order chi connectivity index (χ1) is 8.54. The first-order valence-electron chi connectivity index (χ1n) is 6.08. The molecule has 0 bridgehead atoms. The second-order valence-corrected chi connectivity index (χ2v) is 4.19. The van der Waals surface area contributed by atoms with Gasteiger partial charge in [-0.05, 0) is 18.8 Å². The van der Waals surface area contributed by atoms with Crippen LogP contribution in [-0.4, -0.2) is 35.5 Å². The van der Waals surface area contributed by atoms with Crippen LogP contribution in [0, 0.1) is 5.92 Å². The molecule has 0 spiro atoms. The molecule has 1 rings (SSSR count). The lowest BCUT2D eigenvalue weighted by atomic mass is 10.0. The molecule has 18 heavy (non-hydrogen) atoms. The summed E-state index contributed by atoms with van der Waals surface area (Å²) in [6, 6.07) is 0. The van der Waals surface area contributed by atoms with E-state index >= 15 is 0 Å². The van der Waals surface area contributed by atoms with Crippen molar-refractivity contribution in [1.82, 2.24) is 0 Å². The van der Waals surface area contributed by atoms with Gasteiger partial charge in [0.25, 0.3) is 0 Å². The van der Waals surface area contributed by atoms with Gasteiger partial charge in [0.1, 0.15) is 6.10 Å². The zero-order chi connectivity index (χ0) is 13.7. The molecule has 0 saturated carbocycles. The van der Waals surface area contributed by atoms with E-state index in [9.17, 15) is 15.0 Å². The summed E-state index contributed by atoms with van der Waals surface area (Å²) in [6.45, 7) is 4.11. The van der Waals surface area contributed by atoms with Crippen molar-refractivity contribution in [3.8, 4) is 0 Å². The van der Waals surface area contributed by atoms with E-state index in [1.807, 2.05) is 6.08 Å². The molecular weight excluding hydrogens is 236 g/mol. The first kappa shape index (κ1) is 14.7. The van der Waals surface area contributed by atoms with Crippen molar-refractivity contribution in [2.24, 2.45) is 5.92 Å². The lowest BCUT2D eigenvalue weighted by Crippen LogP contribution is -2.20. The molecule has 5 nitrogen and oxygen atoms in total. The molecule has 0 aromatic heterocycles. The van der Waals surface area contributed by atoms with E-state index < -0.39 is 18.2 Å². The minimum absolute atomic E-state index is 0.144. The van der Waals surface area contributed by atoms with Crippen LogP contribution in [0.4, 0.5) is 0 Å². The molecule has 1 heterocycles. The van der Waals surface area contributed by atoms with E-state index in [2.05, 4.69) is 13.8 Å². The largest absolute Gasteiger partial charge is 0.506 e. The van der Waals surface area contributed by atoms with Crippen LogP contribution in [0.5, 0.6) is 0 Å². The fourth-order valence-corrected chi connectivity index (χ4v) is 1.79. The number of hydrogen-bond acceptors (Lipinski definition) is 5. The molecule has 5 heteroatoms. The van der Waals surface area contributed by atoms with E-state index in [-0.39, 0.29) is 11.5 Å². The van der Waals surface area contributed by atoms with Gasteiger partial charge in [-0.25, -0.2) is 4.79 Å². The van der Waals surface area contributed by atoms with Crippen LogP contribution in [0.25, 0.3) is 0 Å². The Bertz CT molecular complexity index is 354. The summed E-state index contributed by atoms with van der Waals surface area (Å²) >= 11 is 0. The van der Waals surface area contributed by atoms with Gasteiger partial charge < -0.3 is 19.7 Å². The quantitative estimate of drug-likeness (QED) is 0.558. The standard InChI is InChI=1S/C13H20O5/c1-4-8(5-2)6-7-9(14)11-10(15)12(17-3)13(16)18-11/h6-9,12,14-15H,4-5H2,1-3H3/t9-,12-/m1/s1. The molecule has 2 N–H and O–H groups in total. The van der Waals surface area contributed by atoms with Crippen LogP contribution in [0.15, 0.2) is 23.7 Å². The van der Waals surface area contributed by atoms with Crippen LogP contribution in [-0.2, 0) is 14.3 Å². The zero-order valence-corrected chi connectivity index (χ0v) is 10.9. The van der Waals surface area contributed by atoms with E-state index in [0.29, 0.717) is 5.92 Å². The Hall–Kier alpha value is -1.33. The van der Waals surface area contributed by atoms with Crippen LogP contribution < -0.4 is 0 Å². The van der Waals surface area contributed by atoms with Gasteiger partial charge in [-0.2, -0.15) is 0 Å². The molecule has 1 aliphatic heterocycles. The molecule has 0 unspecified atom stereocenters. The van der Waals surface area contributed by atoms with Gasteiger partial charge in [-0.3, -0.25) is 0 Å². The summed E-state index contributed by atoms with van der Waals surface area (Å²) in [6.07, 6.45) is 3.05. The zero-order valence-electron chi connectivity index (χ0n) is 10.9. The third-order valence-electron chi connectivity index (χ3n) is 3.04. The summed E-state index contributed by atoms with van der Waals surface area (Å²) in [7, 11) is 1.29. The van der Waals surface area contributed by atoms with Crippen molar-refractivity contribution >= 4 is 5.97 Å².